The van der Waals surface area contributed by atoms with Crippen LogP contribution in [0, 0.1) is 0 Å². The Balaban J connectivity index is 2.08. The maximum atomic E-state index is 5.39. The summed E-state index contributed by atoms with van der Waals surface area (Å²) in [6, 6.07) is 16.0. The van der Waals surface area contributed by atoms with E-state index in [0.29, 0.717) is 0 Å². The fourth-order valence-corrected chi connectivity index (χ4v) is 1.87. The lowest BCUT2D eigenvalue weighted by Gasteiger charge is -1.95. The normalized spacial score (nSPS) is 10.6. The van der Waals surface area contributed by atoms with Crippen molar-refractivity contribution in [3.05, 3.63) is 54.8 Å². The summed E-state index contributed by atoms with van der Waals surface area (Å²) >= 11 is 0. The molecule has 0 bridgehead atoms. The number of aromatic nitrogens is 2. The number of benzene rings is 1. The molecule has 2 aromatic heterocycles. The van der Waals surface area contributed by atoms with Gasteiger partial charge in [0, 0.05) is 12.6 Å². The van der Waals surface area contributed by atoms with Gasteiger partial charge < -0.3 is 4.42 Å². The summed E-state index contributed by atoms with van der Waals surface area (Å²) in [6.45, 7) is 0. The lowest BCUT2D eigenvalue weighted by Crippen LogP contribution is -1.92. The van der Waals surface area contributed by atoms with E-state index in [9.17, 15) is 0 Å². The predicted octanol–water partition coefficient (Wildman–Crippen LogP) is 3.35. The quantitative estimate of drug-likeness (QED) is 0.668. The molecule has 2 heterocycles. The van der Waals surface area contributed by atoms with Crippen LogP contribution in [0.4, 0.5) is 0 Å². The molecule has 3 aromatic rings. The number of nitrogens with zero attached hydrogens (tertiary/aromatic N) is 2. The highest BCUT2D eigenvalue weighted by atomic mass is 16.3. The van der Waals surface area contributed by atoms with Gasteiger partial charge in [0.1, 0.15) is 5.69 Å². The minimum Gasteiger partial charge on any atom is -0.463 e. The molecule has 0 amide bonds. The van der Waals surface area contributed by atoms with E-state index in [4.69, 9.17) is 4.42 Å². The molecule has 17 heavy (non-hydrogen) atoms. The highest BCUT2D eigenvalue weighted by Gasteiger charge is 2.10. The third kappa shape index (κ3) is 1.76. The van der Waals surface area contributed by atoms with E-state index in [2.05, 4.69) is 5.10 Å². The molecular weight excluding hydrogens is 212 g/mol. The first-order chi connectivity index (χ1) is 8.34. The van der Waals surface area contributed by atoms with Crippen LogP contribution in [0.2, 0.25) is 0 Å². The minimum atomic E-state index is 0.835. The average Bonchev–Trinajstić information content (AvgIpc) is 2.99. The Morgan fingerprint density at radius 2 is 1.88 bits per heavy atom. The number of aryl methyl sites for hydroxylation is 1. The fourth-order valence-electron chi connectivity index (χ4n) is 1.87. The van der Waals surface area contributed by atoms with Gasteiger partial charge in [0.25, 0.3) is 0 Å². The first kappa shape index (κ1) is 9.90. The molecule has 1 aromatic carbocycles. The maximum Gasteiger partial charge on any atom is 0.151 e. The summed E-state index contributed by atoms with van der Waals surface area (Å²) in [7, 11) is 1.92. The smallest absolute Gasteiger partial charge is 0.151 e. The largest absolute Gasteiger partial charge is 0.463 e. The highest BCUT2D eigenvalue weighted by Crippen LogP contribution is 2.25. The Bertz CT molecular complexity index is 609. The van der Waals surface area contributed by atoms with Crippen molar-refractivity contribution >= 4 is 0 Å². The Morgan fingerprint density at radius 3 is 2.59 bits per heavy atom. The van der Waals surface area contributed by atoms with Gasteiger partial charge in [-0.1, -0.05) is 30.3 Å². The van der Waals surface area contributed by atoms with E-state index in [1.54, 1.807) is 6.26 Å². The van der Waals surface area contributed by atoms with Gasteiger partial charge in [-0.2, -0.15) is 5.10 Å². The van der Waals surface area contributed by atoms with E-state index < -0.39 is 0 Å². The van der Waals surface area contributed by atoms with Crippen molar-refractivity contribution in [3.8, 4) is 22.7 Å². The van der Waals surface area contributed by atoms with E-state index >= 15 is 0 Å². The SMILES string of the molecule is Cn1nc(-c2ccccc2)cc1-c1ccco1. The summed E-state index contributed by atoms with van der Waals surface area (Å²) in [5.41, 5.74) is 3.05. The molecule has 0 saturated carbocycles. The Kier molecular flexibility index (Phi) is 2.29. The van der Waals surface area contributed by atoms with Crippen molar-refractivity contribution in [1.29, 1.82) is 0 Å². The number of hydrogen-bond acceptors (Lipinski definition) is 2. The molecule has 0 N–H and O–H groups in total. The Hall–Kier alpha value is -2.29. The highest BCUT2D eigenvalue weighted by molar-refractivity contribution is 5.65. The first-order valence-electron chi connectivity index (χ1n) is 5.48. The van der Waals surface area contributed by atoms with E-state index in [1.165, 1.54) is 0 Å². The van der Waals surface area contributed by atoms with Crippen molar-refractivity contribution < 1.29 is 4.42 Å². The molecule has 0 aliphatic rings. The molecule has 0 aliphatic heterocycles. The summed E-state index contributed by atoms with van der Waals surface area (Å²) in [5.74, 6) is 0.835. The van der Waals surface area contributed by atoms with Crippen LogP contribution in [0.25, 0.3) is 22.7 Å². The molecule has 0 fully saturated rings. The van der Waals surface area contributed by atoms with Crippen LogP contribution in [-0.2, 0) is 7.05 Å². The first-order valence-corrected chi connectivity index (χ1v) is 5.48. The van der Waals surface area contributed by atoms with Gasteiger partial charge in [-0.05, 0) is 18.2 Å². The molecular formula is C14H12N2O. The molecule has 0 spiro atoms. The molecule has 0 atom stereocenters. The summed E-state index contributed by atoms with van der Waals surface area (Å²) in [5, 5.41) is 4.49. The summed E-state index contributed by atoms with van der Waals surface area (Å²) < 4.78 is 7.22. The molecule has 3 nitrogen and oxygen atoms in total. The zero-order valence-corrected chi connectivity index (χ0v) is 9.50. The summed E-state index contributed by atoms with van der Waals surface area (Å²) in [4.78, 5) is 0. The van der Waals surface area contributed by atoms with Crippen LogP contribution in [0.15, 0.2) is 59.2 Å². The van der Waals surface area contributed by atoms with Gasteiger partial charge in [0.15, 0.2) is 5.76 Å². The number of hydrogen-bond donors (Lipinski definition) is 0. The molecule has 84 valence electrons. The van der Waals surface area contributed by atoms with Crippen LogP contribution in [0.1, 0.15) is 0 Å². The van der Waals surface area contributed by atoms with Crippen LogP contribution in [0.5, 0.6) is 0 Å². The van der Waals surface area contributed by atoms with Gasteiger partial charge in [-0.25, -0.2) is 0 Å². The minimum absolute atomic E-state index is 0.835. The monoisotopic (exact) mass is 224 g/mol. The van der Waals surface area contributed by atoms with Gasteiger partial charge in [-0.3, -0.25) is 4.68 Å². The Labute approximate surface area is 99.3 Å². The van der Waals surface area contributed by atoms with Crippen LogP contribution in [0.3, 0.4) is 0 Å². The predicted molar refractivity (Wildman–Crippen MR) is 66.3 cm³/mol. The lowest BCUT2D eigenvalue weighted by atomic mass is 10.1. The second kappa shape index (κ2) is 3.94. The van der Waals surface area contributed by atoms with Gasteiger partial charge in [0.05, 0.1) is 12.0 Å². The van der Waals surface area contributed by atoms with Crippen LogP contribution >= 0.6 is 0 Å². The number of rotatable bonds is 2. The van der Waals surface area contributed by atoms with Crippen LogP contribution in [-0.4, -0.2) is 9.78 Å². The topological polar surface area (TPSA) is 31.0 Å². The zero-order valence-electron chi connectivity index (χ0n) is 9.50. The van der Waals surface area contributed by atoms with Crippen molar-refractivity contribution in [1.82, 2.24) is 9.78 Å². The second-order valence-electron chi connectivity index (χ2n) is 3.88. The van der Waals surface area contributed by atoms with Crippen molar-refractivity contribution in [3.63, 3.8) is 0 Å². The second-order valence-corrected chi connectivity index (χ2v) is 3.88. The van der Waals surface area contributed by atoms with Crippen molar-refractivity contribution in [2.75, 3.05) is 0 Å². The van der Waals surface area contributed by atoms with Crippen molar-refractivity contribution in [2.24, 2.45) is 7.05 Å². The third-order valence-electron chi connectivity index (χ3n) is 2.72. The van der Waals surface area contributed by atoms with Gasteiger partial charge in [-0.15, -0.1) is 0 Å². The fraction of sp³-hybridized carbons (Fsp3) is 0.0714. The van der Waals surface area contributed by atoms with Crippen molar-refractivity contribution in [2.45, 2.75) is 0 Å². The van der Waals surface area contributed by atoms with Gasteiger partial charge >= 0.3 is 0 Å². The average molecular weight is 224 g/mol. The molecule has 3 rings (SSSR count). The zero-order chi connectivity index (χ0) is 11.7. The molecule has 0 unspecified atom stereocenters. The van der Waals surface area contributed by atoms with E-state index in [1.807, 2.05) is 60.3 Å². The van der Waals surface area contributed by atoms with E-state index in [-0.39, 0.29) is 0 Å². The van der Waals surface area contributed by atoms with Crippen LogP contribution < -0.4 is 0 Å². The third-order valence-corrected chi connectivity index (χ3v) is 2.72. The maximum absolute atomic E-state index is 5.39. The standard InChI is InChI=1S/C14H12N2O/c1-16-13(14-8-5-9-17-14)10-12(15-16)11-6-3-2-4-7-11/h2-10H,1H3. The Morgan fingerprint density at radius 1 is 1.06 bits per heavy atom. The lowest BCUT2D eigenvalue weighted by molar-refractivity contribution is 0.573. The van der Waals surface area contributed by atoms with E-state index in [0.717, 1.165) is 22.7 Å². The molecule has 0 radical (unpaired) electrons. The molecule has 0 aliphatic carbocycles. The van der Waals surface area contributed by atoms with Gasteiger partial charge in [0.2, 0.25) is 0 Å². The molecule has 3 heteroatoms. The molecule has 0 saturated heterocycles. The number of furan rings is 1. The summed E-state index contributed by atoms with van der Waals surface area (Å²) in [6.07, 6.45) is 1.67.